The van der Waals surface area contributed by atoms with E-state index < -0.39 is 9.84 Å². The van der Waals surface area contributed by atoms with Crippen LogP contribution >= 0.6 is 0 Å². The van der Waals surface area contributed by atoms with E-state index in [1.54, 1.807) is 0 Å². The maximum atomic E-state index is 11.4. The fourth-order valence-corrected chi connectivity index (χ4v) is 4.40. The second-order valence-corrected chi connectivity index (χ2v) is 7.24. The van der Waals surface area contributed by atoms with E-state index >= 15 is 0 Å². The summed E-state index contributed by atoms with van der Waals surface area (Å²) in [5.74, 6) is 1.56. The Morgan fingerprint density at radius 2 is 1.80 bits per heavy atom. The van der Waals surface area contributed by atoms with Crippen molar-refractivity contribution < 1.29 is 8.42 Å². The zero-order chi connectivity index (χ0) is 10.7. The van der Waals surface area contributed by atoms with Gasteiger partial charge in [-0.05, 0) is 38.1 Å². The van der Waals surface area contributed by atoms with Crippen LogP contribution in [0.2, 0.25) is 0 Å². The predicted molar refractivity (Wildman–Crippen MR) is 61.6 cm³/mol. The maximum absolute atomic E-state index is 11.4. The molecular weight excluding hydrogens is 210 g/mol. The molecule has 2 aliphatic rings. The van der Waals surface area contributed by atoms with Gasteiger partial charge in [0.05, 0.1) is 11.5 Å². The minimum absolute atomic E-state index is 0.226. The Balaban J connectivity index is 1.74. The Bertz CT molecular complexity index is 294. The second-order valence-electron chi connectivity index (χ2n) is 5.01. The minimum Gasteiger partial charge on any atom is -0.313 e. The molecule has 0 radical (unpaired) electrons. The van der Waals surface area contributed by atoms with Gasteiger partial charge in [-0.3, -0.25) is 0 Å². The molecule has 1 saturated heterocycles. The van der Waals surface area contributed by atoms with Gasteiger partial charge < -0.3 is 5.32 Å². The summed E-state index contributed by atoms with van der Waals surface area (Å²) < 4.78 is 22.8. The lowest BCUT2D eigenvalue weighted by Crippen LogP contribution is -2.41. The van der Waals surface area contributed by atoms with Crippen molar-refractivity contribution in [2.45, 2.75) is 44.6 Å². The van der Waals surface area contributed by atoms with Gasteiger partial charge in [-0.25, -0.2) is 8.42 Å². The standard InChI is InChI=1S/C11H21NO2S/c13-15(14)7-3-6-11(9-15)12-8-10-4-1-2-5-10/h10-12H,1-9H2. The van der Waals surface area contributed by atoms with Crippen molar-refractivity contribution in [3.63, 3.8) is 0 Å². The van der Waals surface area contributed by atoms with Crippen molar-refractivity contribution >= 4 is 9.84 Å². The first-order valence-electron chi connectivity index (χ1n) is 6.09. The first-order chi connectivity index (χ1) is 7.16. The largest absolute Gasteiger partial charge is 0.313 e. The molecule has 1 N–H and O–H groups in total. The van der Waals surface area contributed by atoms with Gasteiger partial charge in [0.15, 0.2) is 9.84 Å². The molecule has 0 aromatic rings. The van der Waals surface area contributed by atoms with Crippen molar-refractivity contribution in [2.24, 2.45) is 5.92 Å². The van der Waals surface area contributed by atoms with Crippen molar-refractivity contribution in [3.05, 3.63) is 0 Å². The zero-order valence-corrected chi connectivity index (χ0v) is 10.1. The third kappa shape index (κ3) is 3.45. The average Bonchev–Trinajstić information content (AvgIpc) is 2.65. The molecule has 0 aromatic carbocycles. The monoisotopic (exact) mass is 231 g/mol. The van der Waals surface area contributed by atoms with Crippen LogP contribution in [-0.4, -0.2) is 32.5 Å². The van der Waals surface area contributed by atoms with Gasteiger partial charge >= 0.3 is 0 Å². The number of hydrogen-bond acceptors (Lipinski definition) is 3. The van der Waals surface area contributed by atoms with Gasteiger partial charge in [-0.15, -0.1) is 0 Å². The molecular formula is C11H21NO2S. The molecule has 1 atom stereocenters. The normalized spacial score (nSPS) is 31.9. The van der Waals surface area contributed by atoms with Crippen LogP contribution in [0, 0.1) is 5.92 Å². The van der Waals surface area contributed by atoms with Crippen LogP contribution in [0.15, 0.2) is 0 Å². The van der Waals surface area contributed by atoms with Gasteiger partial charge in [-0.2, -0.15) is 0 Å². The summed E-state index contributed by atoms with van der Waals surface area (Å²) in [6.07, 6.45) is 7.24. The molecule has 2 fully saturated rings. The van der Waals surface area contributed by atoms with E-state index in [4.69, 9.17) is 0 Å². The lowest BCUT2D eigenvalue weighted by molar-refractivity contribution is 0.420. The Labute approximate surface area is 92.6 Å². The molecule has 1 unspecified atom stereocenters. The van der Waals surface area contributed by atoms with Crippen molar-refractivity contribution in [1.82, 2.24) is 5.32 Å². The lowest BCUT2D eigenvalue weighted by Gasteiger charge is -2.24. The molecule has 15 heavy (non-hydrogen) atoms. The summed E-state index contributed by atoms with van der Waals surface area (Å²) in [4.78, 5) is 0. The summed E-state index contributed by atoms with van der Waals surface area (Å²) >= 11 is 0. The second kappa shape index (κ2) is 4.83. The number of nitrogens with one attached hydrogen (secondary N) is 1. The molecule has 4 heteroatoms. The zero-order valence-electron chi connectivity index (χ0n) is 9.24. The first kappa shape index (κ1) is 11.4. The number of rotatable bonds is 3. The molecule has 88 valence electrons. The Morgan fingerprint density at radius 1 is 1.07 bits per heavy atom. The molecule has 3 nitrogen and oxygen atoms in total. The van der Waals surface area contributed by atoms with Crippen LogP contribution in [0.25, 0.3) is 0 Å². The summed E-state index contributed by atoms with van der Waals surface area (Å²) in [6.45, 7) is 1.03. The van der Waals surface area contributed by atoms with E-state index in [1.165, 1.54) is 25.7 Å². The fraction of sp³-hybridized carbons (Fsp3) is 1.00. The highest BCUT2D eigenvalue weighted by molar-refractivity contribution is 7.91. The number of sulfone groups is 1. The fourth-order valence-electron chi connectivity index (χ4n) is 2.73. The molecule has 1 aliphatic heterocycles. The van der Waals surface area contributed by atoms with E-state index in [-0.39, 0.29) is 6.04 Å². The average molecular weight is 231 g/mol. The smallest absolute Gasteiger partial charge is 0.151 e. The van der Waals surface area contributed by atoms with Gasteiger partial charge in [0.2, 0.25) is 0 Å². The van der Waals surface area contributed by atoms with Crippen molar-refractivity contribution in [3.8, 4) is 0 Å². The van der Waals surface area contributed by atoms with Gasteiger partial charge in [0.25, 0.3) is 0 Å². The lowest BCUT2D eigenvalue weighted by atomic mass is 10.1. The van der Waals surface area contributed by atoms with E-state index in [9.17, 15) is 8.42 Å². The van der Waals surface area contributed by atoms with Gasteiger partial charge in [-0.1, -0.05) is 12.8 Å². The van der Waals surface area contributed by atoms with Gasteiger partial charge in [0.1, 0.15) is 0 Å². The molecule has 0 spiro atoms. The molecule has 0 aromatic heterocycles. The molecule has 0 bridgehead atoms. The van der Waals surface area contributed by atoms with Crippen LogP contribution in [0.1, 0.15) is 38.5 Å². The van der Waals surface area contributed by atoms with E-state index in [2.05, 4.69) is 5.32 Å². The predicted octanol–water partition coefficient (Wildman–Crippen LogP) is 1.34. The van der Waals surface area contributed by atoms with Crippen molar-refractivity contribution in [2.75, 3.05) is 18.1 Å². The Morgan fingerprint density at radius 3 is 2.47 bits per heavy atom. The highest BCUT2D eigenvalue weighted by atomic mass is 32.2. The SMILES string of the molecule is O=S1(=O)CCCC(NCC2CCCC2)C1. The minimum atomic E-state index is -2.74. The van der Waals surface area contributed by atoms with Crippen LogP contribution < -0.4 is 5.32 Å². The first-order valence-corrected chi connectivity index (χ1v) is 7.92. The van der Waals surface area contributed by atoms with Crippen LogP contribution in [0.3, 0.4) is 0 Å². The van der Waals surface area contributed by atoms with E-state index in [0.29, 0.717) is 11.5 Å². The number of hydrogen-bond donors (Lipinski definition) is 1. The topological polar surface area (TPSA) is 46.2 Å². The highest BCUT2D eigenvalue weighted by Gasteiger charge is 2.25. The van der Waals surface area contributed by atoms with Crippen LogP contribution in [0.5, 0.6) is 0 Å². The summed E-state index contributed by atoms with van der Waals surface area (Å²) in [7, 11) is -2.74. The Hall–Kier alpha value is -0.0900. The summed E-state index contributed by atoms with van der Waals surface area (Å²) in [6, 6.07) is 0.226. The molecule has 2 rings (SSSR count). The van der Waals surface area contributed by atoms with Crippen LogP contribution in [0.4, 0.5) is 0 Å². The molecule has 1 saturated carbocycles. The van der Waals surface area contributed by atoms with E-state index in [0.717, 1.165) is 25.3 Å². The van der Waals surface area contributed by atoms with Crippen LogP contribution in [-0.2, 0) is 9.84 Å². The quantitative estimate of drug-likeness (QED) is 0.797. The highest BCUT2D eigenvalue weighted by Crippen LogP contribution is 2.24. The van der Waals surface area contributed by atoms with Crippen molar-refractivity contribution in [1.29, 1.82) is 0 Å². The Kier molecular flexibility index (Phi) is 3.67. The molecule has 0 amide bonds. The maximum Gasteiger partial charge on any atom is 0.151 e. The third-order valence-electron chi connectivity index (χ3n) is 3.63. The summed E-state index contributed by atoms with van der Waals surface area (Å²) in [5.41, 5.74) is 0. The molecule has 1 heterocycles. The van der Waals surface area contributed by atoms with Gasteiger partial charge in [0, 0.05) is 6.04 Å². The third-order valence-corrected chi connectivity index (χ3v) is 5.45. The molecule has 1 aliphatic carbocycles. The summed E-state index contributed by atoms with van der Waals surface area (Å²) in [5, 5.41) is 3.44. The van der Waals surface area contributed by atoms with E-state index in [1.807, 2.05) is 0 Å².